The smallest absolute Gasteiger partial charge is 0.216 e. The van der Waals surface area contributed by atoms with Crippen LogP contribution in [0.5, 0.6) is 0 Å². The second kappa shape index (κ2) is 3.87. The molecule has 0 aromatic heterocycles. The normalized spacial score (nSPS) is 35.1. The molecule has 1 rings (SSSR count). The lowest BCUT2D eigenvalue weighted by Crippen LogP contribution is -2.34. The van der Waals surface area contributed by atoms with E-state index in [-0.39, 0.29) is 11.8 Å². The lowest BCUT2D eigenvalue weighted by atomic mass is 10.1. The van der Waals surface area contributed by atoms with E-state index in [2.05, 4.69) is 5.32 Å². The lowest BCUT2D eigenvalue weighted by molar-refractivity contribution is -0.119. The van der Waals surface area contributed by atoms with E-state index in [0.717, 1.165) is 6.42 Å². The minimum atomic E-state index is -0.670. The third kappa shape index (κ3) is 2.19. The molecule has 3 atom stereocenters. The number of hydrogen-bond acceptors (Lipinski definition) is 3. The Morgan fingerprint density at radius 1 is 1.50 bits per heavy atom. The van der Waals surface area contributed by atoms with E-state index >= 15 is 0 Å². The lowest BCUT2D eigenvalue weighted by Gasteiger charge is -2.15. The molecule has 0 aromatic rings. The topological polar surface area (TPSA) is 69.6 Å². The highest BCUT2D eigenvalue weighted by Crippen LogP contribution is 2.25. The first kappa shape index (κ1) is 9.48. The molecule has 12 heavy (non-hydrogen) atoms. The minimum absolute atomic E-state index is 0.0175. The maximum Gasteiger partial charge on any atom is 0.216 e. The molecule has 1 amide bonds. The largest absolute Gasteiger partial charge is 0.390 e. The second-order valence-electron chi connectivity index (χ2n) is 3.33. The van der Waals surface area contributed by atoms with Crippen LogP contribution in [0.15, 0.2) is 0 Å². The molecule has 0 unspecified atom stereocenters. The average Bonchev–Trinajstić information content (AvgIpc) is 2.30. The van der Waals surface area contributed by atoms with Gasteiger partial charge in [0.05, 0.1) is 12.2 Å². The van der Waals surface area contributed by atoms with Crippen molar-refractivity contribution in [3.8, 4) is 0 Å². The van der Waals surface area contributed by atoms with Crippen LogP contribution in [0.4, 0.5) is 0 Å². The van der Waals surface area contributed by atoms with Gasteiger partial charge in [0.2, 0.25) is 5.91 Å². The van der Waals surface area contributed by atoms with Crippen LogP contribution in [0.2, 0.25) is 0 Å². The van der Waals surface area contributed by atoms with Crippen LogP contribution in [0.25, 0.3) is 0 Å². The quantitative estimate of drug-likeness (QED) is 0.515. The van der Waals surface area contributed by atoms with Gasteiger partial charge in [-0.3, -0.25) is 4.79 Å². The second-order valence-corrected chi connectivity index (χ2v) is 3.33. The molecule has 0 heterocycles. The summed E-state index contributed by atoms with van der Waals surface area (Å²) < 4.78 is 0. The highest BCUT2D eigenvalue weighted by atomic mass is 16.3. The molecule has 0 saturated heterocycles. The summed E-state index contributed by atoms with van der Waals surface area (Å²) in [4.78, 5) is 10.5. The maximum absolute atomic E-state index is 10.5. The summed E-state index contributed by atoms with van der Waals surface area (Å²) in [5.41, 5.74) is 0. The van der Waals surface area contributed by atoms with Crippen molar-refractivity contribution in [2.45, 2.75) is 32.0 Å². The molecule has 0 spiro atoms. The Hall–Kier alpha value is -0.610. The Morgan fingerprint density at radius 3 is 2.58 bits per heavy atom. The van der Waals surface area contributed by atoms with Crippen LogP contribution < -0.4 is 5.32 Å². The van der Waals surface area contributed by atoms with Gasteiger partial charge >= 0.3 is 0 Å². The number of carbonyl (C=O) groups excluding carboxylic acids is 1. The summed E-state index contributed by atoms with van der Waals surface area (Å²) in [6, 6.07) is 0. The number of aliphatic hydroxyl groups is 2. The monoisotopic (exact) mass is 173 g/mol. The van der Waals surface area contributed by atoms with Crippen LogP contribution in [0.3, 0.4) is 0 Å². The van der Waals surface area contributed by atoms with Crippen molar-refractivity contribution in [1.82, 2.24) is 5.32 Å². The summed E-state index contributed by atoms with van der Waals surface area (Å²) in [6.07, 6.45) is 0.134. The van der Waals surface area contributed by atoms with Crippen molar-refractivity contribution in [2.75, 3.05) is 6.54 Å². The van der Waals surface area contributed by atoms with Crippen molar-refractivity contribution >= 4 is 5.91 Å². The van der Waals surface area contributed by atoms with Crippen LogP contribution in [0.1, 0.15) is 19.8 Å². The summed E-state index contributed by atoms with van der Waals surface area (Å²) >= 11 is 0. The summed E-state index contributed by atoms with van der Waals surface area (Å²) in [5, 5.41) is 21.2. The van der Waals surface area contributed by atoms with Crippen LogP contribution in [0, 0.1) is 5.92 Å². The Bertz CT molecular complexity index is 172. The molecule has 4 heteroatoms. The van der Waals surface area contributed by atoms with Crippen LogP contribution >= 0.6 is 0 Å². The third-order valence-corrected chi connectivity index (χ3v) is 2.32. The van der Waals surface area contributed by atoms with Gasteiger partial charge in [-0.15, -0.1) is 0 Å². The molecule has 1 saturated carbocycles. The van der Waals surface area contributed by atoms with Gasteiger partial charge in [-0.05, 0) is 12.8 Å². The fourth-order valence-corrected chi connectivity index (χ4v) is 1.54. The van der Waals surface area contributed by atoms with Crippen molar-refractivity contribution < 1.29 is 15.0 Å². The Kier molecular flexibility index (Phi) is 3.05. The average molecular weight is 173 g/mol. The predicted octanol–water partition coefficient (Wildman–Crippen LogP) is -0.746. The fraction of sp³-hybridized carbons (Fsp3) is 0.875. The van der Waals surface area contributed by atoms with E-state index in [4.69, 9.17) is 0 Å². The molecular weight excluding hydrogens is 158 g/mol. The molecule has 4 nitrogen and oxygen atoms in total. The molecular formula is C8H15NO3. The van der Waals surface area contributed by atoms with E-state index < -0.39 is 12.2 Å². The van der Waals surface area contributed by atoms with Crippen molar-refractivity contribution in [3.63, 3.8) is 0 Å². The number of carbonyl (C=O) groups is 1. The molecule has 1 fully saturated rings. The van der Waals surface area contributed by atoms with Gasteiger partial charge in [-0.1, -0.05) is 0 Å². The Labute approximate surface area is 71.6 Å². The Balaban J connectivity index is 2.29. The number of hydrogen-bond donors (Lipinski definition) is 3. The summed E-state index contributed by atoms with van der Waals surface area (Å²) in [7, 11) is 0. The fourth-order valence-electron chi connectivity index (χ4n) is 1.54. The van der Waals surface area contributed by atoms with Crippen molar-refractivity contribution in [2.24, 2.45) is 5.92 Å². The van der Waals surface area contributed by atoms with E-state index in [0.29, 0.717) is 13.0 Å². The molecule has 3 N–H and O–H groups in total. The van der Waals surface area contributed by atoms with Gasteiger partial charge in [-0.25, -0.2) is 0 Å². The van der Waals surface area contributed by atoms with Gasteiger partial charge in [0.25, 0.3) is 0 Å². The highest BCUT2D eigenvalue weighted by molar-refractivity contribution is 5.72. The van der Waals surface area contributed by atoms with Gasteiger partial charge in [0, 0.05) is 19.4 Å². The van der Waals surface area contributed by atoms with E-state index in [9.17, 15) is 15.0 Å². The molecule has 0 radical (unpaired) electrons. The maximum atomic E-state index is 10.5. The standard InChI is InChI=1S/C8H15NO3/c1-5(10)9-4-6-2-3-7(11)8(6)12/h6-8,11-12H,2-4H2,1H3,(H,9,10)/t6-,7+,8-/m1/s1. The Morgan fingerprint density at radius 2 is 2.17 bits per heavy atom. The van der Waals surface area contributed by atoms with Crippen molar-refractivity contribution in [1.29, 1.82) is 0 Å². The van der Waals surface area contributed by atoms with Crippen LogP contribution in [-0.2, 0) is 4.79 Å². The molecule has 1 aliphatic carbocycles. The number of rotatable bonds is 2. The van der Waals surface area contributed by atoms with Gasteiger partial charge in [0.1, 0.15) is 0 Å². The number of aliphatic hydroxyl groups excluding tert-OH is 2. The third-order valence-electron chi connectivity index (χ3n) is 2.32. The molecule has 1 aliphatic rings. The van der Waals surface area contributed by atoms with E-state index in [1.54, 1.807) is 0 Å². The summed E-state index contributed by atoms with van der Waals surface area (Å²) in [5.74, 6) is -0.0764. The molecule has 70 valence electrons. The highest BCUT2D eigenvalue weighted by Gasteiger charge is 2.32. The first-order valence-corrected chi connectivity index (χ1v) is 4.22. The number of amides is 1. The molecule has 0 aromatic carbocycles. The zero-order valence-corrected chi connectivity index (χ0v) is 7.16. The van der Waals surface area contributed by atoms with Gasteiger partial charge in [-0.2, -0.15) is 0 Å². The number of nitrogens with one attached hydrogen (secondary N) is 1. The first-order valence-electron chi connectivity index (χ1n) is 4.22. The van der Waals surface area contributed by atoms with Gasteiger partial charge < -0.3 is 15.5 Å². The zero-order chi connectivity index (χ0) is 9.14. The molecule has 0 bridgehead atoms. The SMILES string of the molecule is CC(=O)NC[C@H]1CC[C@H](O)[C@@H]1O. The molecule has 0 aliphatic heterocycles. The zero-order valence-electron chi connectivity index (χ0n) is 7.16. The van der Waals surface area contributed by atoms with E-state index in [1.165, 1.54) is 6.92 Å². The van der Waals surface area contributed by atoms with Crippen LogP contribution in [-0.4, -0.2) is 34.9 Å². The minimum Gasteiger partial charge on any atom is -0.390 e. The summed E-state index contributed by atoms with van der Waals surface area (Å²) in [6.45, 7) is 1.91. The first-order chi connectivity index (χ1) is 5.61. The van der Waals surface area contributed by atoms with E-state index in [1.807, 2.05) is 0 Å². The van der Waals surface area contributed by atoms with Crippen molar-refractivity contribution in [3.05, 3.63) is 0 Å². The van der Waals surface area contributed by atoms with Gasteiger partial charge in [0.15, 0.2) is 0 Å². The predicted molar refractivity (Wildman–Crippen MR) is 43.4 cm³/mol.